The molecule has 1 aromatic carbocycles. The minimum absolute atomic E-state index is 0.0175. The summed E-state index contributed by atoms with van der Waals surface area (Å²) in [4.78, 5) is 27.9. The van der Waals surface area contributed by atoms with Crippen LogP contribution in [0.15, 0.2) is 42.7 Å². The van der Waals surface area contributed by atoms with Gasteiger partial charge in [0.15, 0.2) is 5.65 Å². The summed E-state index contributed by atoms with van der Waals surface area (Å²) in [5.74, 6) is -3.86. The molecule has 0 radical (unpaired) electrons. The highest BCUT2D eigenvalue weighted by atomic mass is 19.4. The van der Waals surface area contributed by atoms with Gasteiger partial charge in [-0.2, -0.15) is 18.3 Å². The van der Waals surface area contributed by atoms with Gasteiger partial charge in [-0.1, -0.05) is 25.7 Å². The molecule has 41 heavy (non-hydrogen) atoms. The van der Waals surface area contributed by atoms with E-state index in [4.69, 9.17) is 0 Å². The number of carbonyl (C=O) groups is 2. The van der Waals surface area contributed by atoms with Gasteiger partial charge in [0, 0.05) is 31.4 Å². The first-order chi connectivity index (χ1) is 19.4. The summed E-state index contributed by atoms with van der Waals surface area (Å²) >= 11 is 0. The third-order valence-electron chi connectivity index (χ3n) is 6.03. The molecule has 0 spiro atoms. The highest BCUT2D eigenvalue weighted by molar-refractivity contribution is 5.94. The van der Waals surface area contributed by atoms with E-state index >= 15 is 0 Å². The predicted octanol–water partition coefficient (Wildman–Crippen LogP) is 6.51. The number of carbonyl (C=O) groups excluding carboxylic acids is 2. The first kappa shape index (κ1) is 31.9. The van der Waals surface area contributed by atoms with Crippen LogP contribution in [-0.2, 0) is 17.9 Å². The number of nitrogens with zero attached hydrogens (tertiary/aromatic N) is 3. The molecule has 0 saturated heterocycles. The molecule has 2 saturated carbocycles. The summed E-state index contributed by atoms with van der Waals surface area (Å²) in [6.07, 6.45) is 4.03. The third-order valence-corrected chi connectivity index (χ3v) is 6.03. The molecule has 0 atom stereocenters. The Balaban J connectivity index is 0.000000347. The Labute approximate surface area is 233 Å². The summed E-state index contributed by atoms with van der Waals surface area (Å²) < 4.78 is 75.2. The quantitative estimate of drug-likeness (QED) is 0.310. The molecule has 2 fully saturated rings. The second kappa shape index (κ2) is 14.8. The molecular weight excluding hydrogens is 552 g/mol. The van der Waals surface area contributed by atoms with Gasteiger partial charge >= 0.3 is 6.18 Å². The highest BCUT2D eigenvalue weighted by Crippen LogP contribution is 2.32. The van der Waals surface area contributed by atoms with Crippen molar-refractivity contribution in [2.24, 2.45) is 0 Å². The SMILES string of the molecule is C1CC1.FC1(F)CCCCC1.O=C(CCC(F)(F)F)NCc1cnn2cc(CNC(=O)c3ccc(F)cc3)nc2c1. The molecule has 3 aromatic rings. The minimum Gasteiger partial charge on any atom is -0.352 e. The summed E-state index contributed by atoms with van der Waals surface area (Å²) in [6.45, 7) is 0.132. The van der Waals surface area contributed by atoms with Gasteiger partial charge in [0.05, 0.1) is 31.1 Å². The summed E-state index contributed by atoms with van der Waals surface area (Å²) in [7, 11) is 0. The van der Waals surface area contributed by atoms with Crippen LogP contribution in [0.3, 0.4) is 0 Å². The van der Waals surface area contributed by atoms with Crippen molar-refractivity contribution < 1.29 is 35.9 Å². The second-order valence-corrected chi connectivity index (χ2v) is 9.96. The van der Waals surface area contributed by atoms with E-state index in [1.807, 2.05) is 0 Å². The van der Waals surface area contributed by atoms with Crippen LogP contribution in [0.25, 0.3) is 5.65 Å². The van der Waals surface area contributed by atoms with Crippen molar-refractivity contribution in [2.75, 3.05) is 0 Å². The number of hydrogen-bond acceptors (Lipinski definition) is 4. The fourth-order valence-electron chi connectivity index (χ4n) is 3.63. The molecule has 5 rings (SSSR count). The van der Waals surface area contributed by atoms with Crippen LogP contribution < -0.4 is 10.6 Å². The van der Waals surface area contributed by atoms with Crippen LogP contribution in [0.2, 0.25) is 0 Å². The molecule has 0 unspecified atom stereocenters. The lowest BCUT2D eigenvalue weighted by Crippen LogP contribution is -2.24. The molecule has 13 heteroatoms. The molecule has 7 nitrogen and oxygen atoms in total. The number of halogens is 6. The topological polar surface area (TPSA) is 88.4 Å². The molecule has 0 aliphatic heterocycles. The third kappa shape index (κ3) is 12.6. The first-order valence-corrected chi connectivity index (χ1v) is 13.5. The zero-order chi connectivity index (χ0) is 29.9. The molecule has 0 bridgehead atoms. The van der Waals surface area contributed by atoms with Crippen molar-refractivity contribution in [1.29, 1.82) is 0 Å². The molecule has 2 amide bonds. The molecular formula is C28H33F6N5O2. The fourth-order valence-corrected chi connectivity index (χ4v) is 3.63. The Morgan fingerprint density at radius 1 is 0.927 bits per heavy atom. The van der Waals surface area contributed by atoms with Crippen molar-refractivity contribution in [3.63, 3.8) is 0 Å². The standard InChI is InChI=1S/C19H17F4N5O2.C6H10F2.C3H6/c20-14-3-1-13(2-4-14)18(30)25-10-15-11-28-16(27-15)7-12(9-26-28)8-24-17(29)5-6-19(21,22)23;7-6(8)4-2-1-3-5-6;1-2-3-1/h1-4,7,9,11H,5-6,8,10H2,(H,24,29)(H,25,30);1-5H2;1-3H2. The maximum Gasteiger partial charge on any atom is 0.389 e. The minimum atomic E-state index is -4.38. The maximum absolute atomic E-state index is 12.9. The molecule has 2 aliphatic rings. The van der Waals surface area contributed by atoms with Gasteiger partial charge in [-0.25, -0.2) is 22.7 Å². The van der Waals surface area contributed by atoms with Crippen LogP contribution in [-0.4, -0.2) is 38.5 Å². The monoisotopic (exact) mass is 585 g/mol. The molecule has 2 N–H and O–H groups in total. The number of benzene rings is 1. The Morgan fingerprint density at radius 2 is 1.56 bits per heavy atom. The van der Waals surface area contributed by atoms with E-state index in [0.29, 0.717) is 35.3 Å². The van der Waals surface area contributed by atoms with Crippen molar-refractivity contribution in [1.82, 2.24) is 25.2 Å². The number of hydrogen-bond donors (Lipinski definition) is 2. The molecule has 2 aromatic heterocycles. The van der Waals surface area contributed by atoms with Gasteiger partial charge < -0.3 is 10.6 Å². The van der Waals surface area contributed by atoms with Crippen molar-refractivity contribution in [3.05, 3.63) is 65.4 Å². The van der Waals surface area contributed by atoms with Crippen LogP contribution in [0.4, 0.5) is 26.3 Å². The van der Waals surface area contributed by atoms with Gasteiger partial charge in [0.25, 0.3) is 5.91 Å². The number of fused-ring (bicyclic) bond motifs is 1. The van der Waals surface area contributed by atoms with Crippen molar-refractivity contribution in [2.45, 2.75) is 89.4 Å². The average molecular weight is 586 g/mol. The summed E-state index contributed by atoms with van der Waals surface area (Å²) in [6, 6.07) is 6.74. The molecule has 2 aliphatic carbocycles. The van der Waals surface area contributed by atoms with E-state index in [9.17, 15) is 35.9 Å². The number of aromatic nitrogens is 3. The number of rotatable bonds is 7. The lowest BCUT2D eigenvalue weighted by molar-refractivity contribution is -0.144. The van der Waals surface area contributed by atoms with Crippen molar-refractivity contribution >= 4 is 17.5 Å². The fraction of sp³-hybridized carbons (Fsp3) is 0.500. The smallest absolute Gasteiger partial charge is 0.352 e. The van der Waals surface area contributed by atoms with E-state index in [0.717, 1.165) is 6.42 Å². The van der Waals surface area contributed by atoms with Crippen LogP contribution in [0, 0.1) is 5.82 Å². The average Bonchev–Trinajstić information content (AvgIpc) is 3.75. The summed E-state index contributed by atoms with van der Waals surface area (Å²) in [5, 5.41) is 9.20. The van der Waals surface area contributed by atoms with Gasteiger partial charge in [-0.3, -0.25) is 9.59 Å². The zero-order valence-corrected chi connectivity index (χ0v) is 22.5. The van der Waals surface area contributed by atoms with Crippen LogP contribution in [0.1, 0.15) is 85.8 Å². The Kier molecular flexibility index (Phi) is 11.5. The van der Waals surface area contributed by atoms with Gasteiger partial charge in [-0.05, 0) is 48.7 Å². The van der Waals surface area contributed by atoms with Crippen molar-refractivity contribution in [3.8, 4) is 0 Å². The Hall–Kier alpha value is -3.64. The number of imidazole rings is 1. The van der Waals surface area contributed by atoms with Gasteiger partial charge in [0.2, 0.25) is 11.8 Å². The largest absolute Gasteiger partial charge is 0.389 e. The van der Waals surface area contributed by atoms with Crippen LogP contribution >= 0.6 is 0 Å². The highest BCUT2D eigenvalue weighted by Gasteiger charge is 2.30. The Bertz CT molecular complexity index is 1260. The maximum atomic E-state index is 12.9. The lowest BCUT2D eigenvalue weighted by Gasteiger charge is -2.20. The van der Waals surface area contributed by atoms with Crippen LogP contribution in [0.5, 0.6) is 0 Å². The predicted molar refractivity (Wildman–Crippen MR) is 140 cm³/mol. The van der Waals surface area contributed by atoms with Gasteiger partial charge in [-0.15, -0.1) is 0 Å². The van der Waals surface area contributed by atoms with E-state index in [2.05, 4.69) is 20.7 Å². The lowest BCUT2D eigenvalue weighted by atomic mass is 9.97. The number of alkyl halides is 5. The van der Waals surface area contributed by atoms with E-state index in [1.54, 1.807) is 12.3 Å². The number of amides is 2. The van der Waals surface area contributed by atoms with E-state index < -0.39 is 36.7 Å². The summed E-state index contributed by atoms with van der Waals surface area (Å²) in [5.41, 5.74) is 1.84. The van der Waals surface area contributed by atoms with Gasteiger partial charge in [0.1, 0.15) is 5.82 Å². The second-order valence-electron chi connectivity index (χ2n) is 9.96. The molecule has 224 valence electrons. The normalized spacial score (nSPS) is 15.6. The first-order valence-electron chi connectivity index (χ1n) is 13.5. The number of nitrogens with one attached hydrogen (secondary N) is 2. The molecule has 2 heterocycles. The van der Waals surface area contributed by atoms with E-state index in [-0.39, 0.29) is 31.8 Å². The van der Waals surface area contributed by atoms with E-state index in [1.165, 1.54) is 54.2 Å². The zero-order valence-electron chi connectivity index (χ0n) is 22.5. The Morgan fingerprint density at radius 3 is 2.12 bits per heavy atom.